The van der Waals surface area contributed by atoms with E-state index in [1.807, 2.05) is 24.4 Å². The van der Waals surface area contributed by atoms with E-state index in [1.165, 1.54) is 0 Å². The van der Waals surface area contributed by atoms with Crippen LogP contribution in [0.15, 0.2) is 17.5 Å². The number of thiophene rings is 1. The third-order valence-corrected chi connectivity index (χ3v) is 8.23. The normalized spacial score (nSPS) is 36.2. The number of aliphatic hydroxyl groups excluding tert-OH is 1. The molecular formula is C22H34N2O3S. The highest BCUT2D eigenvalue weighted by atomic mass is 32.1. The molecule has 1 heterocycles. The largest absolute Gasteiger partial charge is 0.392 e. The fourth-order valence-corrected chi connectivity index (χ4v) is 6.35. The number of carbonyl (C=O) groups excluding carboxylic acids is 2. The molecule has 7 atom stereocenters. The van der Waals surface area contributed by atoms with Crippen LogP contribution in [0.1, 0.15) is 58.3 Å². The van der Waals surface area contributed by atoms with Crippen LogP contribution in [0.3, 0.4) is 0 Å². The molecule has 5 nitrogen and oxygen atoms in total. The van der Waals surface area contributed by atoms with Gasteiger partial charge in [-0.15, -0.1) is 11.3 Å². The minimum absolute atomic E-state index is 0.0105. The van der Waals surface area contributed by atoms with Gasteiger partial charge in [-0.05, 0) is 60.3 Å². The molecule has 0 aromatic carbocycles. The first-order valence-electron chi connectivity index (χ1n) is 10.5. The summed E-state index contributed by atoms with van der Waals surface area (Å²) in [5.41, 5.74) is 0.0808. The fourth-order valence-electron chi connectivity index (χ4n) is 5.70. The van der Waals surface area contributed by atoms with E-state index in [9.17, 15) is 14.7 Å². The lowest BCUT2D eigenvalue weighted by molar-refractivity contribution is -0.143. The average molecular weight is 407 g/mol. The molecule has 0 aliphatic heterocycles. The molecule has 3 rings (SSSR count). The summed E-state index contributed by atoms with van der Waals surface area (Å²) in [5, 5.41) is 19.4. The average Bonchev–Trinajstić information content (AvgIpc) is 3.15. The van der Waals surface area contributed by atoms with Crippen molar-refractivity contribution >= 4 is 23.2 Å². The minimum Gasteiger partial charge on any atom is -0.392 e. The Kier molecular flexibility index (Phi) is 6.50. The topological polar surface area (TPSA) is 78.4 Å². The molecule has 2 saturated carbocycles. The maximum Gasteiger partial charge on any atom is 0.223 e. The van der Waals surface area contributed by atoms with Crippen LogP contribution in [0, 0.1) is 29.1 Å². The van der Waals surface area contributed by atoms with Crippen LogP contribution in [-0.4, -0.2) is 29.1 Å². The molecule has 6 heteroatoms. The molecule has 28 heavy (non-hydrogen) atoms. The van der Waals surface area contributed by atoms with Gasteiger partial charge in [0.2, 0.25) is 11.8 Å². The van der Waals surface area contributed by atoms with Crippen LogP contribution >= 0.6 is 11.3 Å². The molecule has 2 fully saturated rings. The standard InChI is InChI=1S/C22H34N2O3S/c1-13(21(27)23-12-16-6-5-11-28-16)17-7-9-22(4)10-8-18(24-15(3)25)14(2)19(22)20(17)26/h5-6,11,13-14,17-20,26H,7-10,12H2,1-4H3,(H,23,27)(H,24,25). The van der Waals surface area contributed by atoms with Gasteiger partial charge in [-0.25, -0.2) is 0 Å². The quantitative estimate of drug-likeness (QED) is 0.702. The van der Waals surface area contributed by atoms with Crippen molar-refractivity contribution in [1.82, 2.24) is 10.6 Å². The van der Waals surface area contributed by atoms with Gasteiger partial charge in [0, 0.05) is 23.8 Å². The van der Waals surface area contributed by atoms with Gasteiger partial charge in [-0.2, -0.15) is 0 Å². The second-order valence-corrected chi connectivity index (χ2v) is 10.2. The Morgan fingerprint density at radius 2 is 2.07 bits per heavy atom. The Hall–Kier alpha value is -1.40. The molecule has 0 spiro atoms. The van der Waals surface area contributed by atoms with E-state index in [0.717, 1.165) is 30.6 Å². The highest BCUT2D eigenvalue weighted by Crippen LogP contribution is 2.55. The van der Waals surface area contributed by atoms with Crippen molar-refractivity contribution in [3.8, 4) is 0 Å². The molecule has 156 valence electrons. The van der Waals surface area contributed by atoms with Crippen LogP contribution in [-0.2, 0) is 16.1 Å². The molecule has 2 amide bonds. The van der Waals surface area contributed by atoms with Crippen LogP contribution in [0.4, 0.5) is 0 Å². The van der Waals surface area contributed by atoms with E-state index < -0.39 is 6.10 Å². The lowest BCUT2D eigenvalue weighted by Gasteiger charge is -2.56. The predicted molar refractivity (Wildman–Crippen MR) is 112 cm³/mol. The number of aliphatic hydroxyl groups is 1. The number of rotatable bonds is 5. The Labute approximate surface area is 172 Å². The third kappa shape index (κ3) is 4.28. The molecular weight excluding hydrogens is 372 g/mol. The molecule has 0 saturated heterocycles. The monoisotopic (exact) mass is 406 g/mol. The van der Waals surface area contributed by atoms with Crippen molar-refractivity contribution in [3.63, 3.8) is 0 Å². The molecule has 1 aromatic heterocycles. The molecule has 0 radical (unpaired) electrons. The van der Waals surface area contributed by atoms with E-state index in [4.69, 9.17) is 0 Å². The first-order valence-corrected chi connectivity index (χ1v) is 11.4. The van der Waals surface area contributed by atoms with E-state index in [-0.39, 0.29) is 46.9 Å². The van der Waals surface area contributed by atoms with Crippen LogP contribution in [0.5, 0.6) is 0 Å². The van der Waals surface area contributed by atoms with Crippen molar-refractivity contribution in [2.75, 3.05) is 0 Å². The van der Waals surface area contributed by atoms with Gasteiger partial charge in [-0.1, -0.05) is 26.8 Å². The zero-order valence-corrected chi connectivity index (χ0v) is 18.2. The van der Waals surface area contributed by atoms with Gasteiger partial charge in [-0.3, -0.25) is 9.59 Å². The summed E-state index contributed by atoms with van der Waals surface area (Å²) >= 11 is 1.63. The molecule has 2 aliphatic carbocycles. The van der Waals surface area contributed by atoms with Crippen LogP contribution in [0.25, 0.3) is 0 Å². The SMILES string of the molecule is CC(=O)NC1CCC2(C)CCC(C(C)C(=O)NCc3cccs3)C(O)C2C1C. The van der Waals surface area contributed by atoms with Crippen molar-refractivity contribution in [3.05, 3.63) is 22.4 Å². The summed E-state index contributed by atoms with van der Waals surface area (Å²) < 4.78 is 0. The number of carbonyl (C=O) groups is 2. The van der Waals surface area contributed by atoms with Crippen molar-refractivity contribution in [2.45, 2.75) is 72.1 Å². The Bertz CT molecular complexity index is 692. The summed E-state index contributed by atoms with van der Waals surface area (Å²) in [4.78, 5) is 25.5. The Balaban J connectivity index is 1.68. The number of nitrogens with one attached hydrogen (secondary N) is 2. The molecule has 7 unspecified atom stereocenters. The van der Waals surface area contributed by atoms with E-state index in [1.54, 1.807) is 18.3 Å². The zero-order chi connectivity index (χ0) is 20.5. The van der Waals surface area contributed by atoms with Gasteiger partial charge in [0.25, 0.3) is 0 Å². The second-order valence-electron chi connectivity index (χ2n) is 9.16. The Morgan fingerprint density at radius 3 is 2.71 bits per heavy atom. The predicted octanol–water partition coefficient (Wildman–Crippen LogP) is 3.33. The van der Waals surface area contributed by atoms with Gasteiger partial charge < -0.3 is 15.7 Å². The third-order valence-electron chi connectivity index (χ3n) is 7.35. The fraction of sp³-hybridized carbons (Fsp3) is 0.727. The molecule has 1 aromatic rings. The van der Waals surface area contributed by atoms with E-state index in [0.29, 0.717) is 6.54 Å². The first kappa shape index (κ1) is 21.3. The maximum atomic E-state index is 12.7. The summed E-state index contributed by atoms with van der Waals surface area (Å²) in [6.07, 6.45) is 3.35. The Morgan fingerprint density at radius 1 is 1.36 bits per heavy atom. The van der Waals surface area contributed by atoms with E-state index >= 15 is 0 Å². The second kappa shape index (κ2) is 8.54. The van der Waals surface area contributed by atoms with Gasteiger partial charge in [0.05, 0.1) is 12.6 Å². The zero-order valence-electron chi connectivity index (χ0n) is 17.4. The summed E-state index contributed by atoms with van der Waals surface area (Å²) in [6, 6.07) is 4.10. The molecule has 3 N–H and O–H groups in total. The number of fused-ring (bicyclic) bond motifs is 1. The number of hydrogen-bond acceptors (Lipinski definition) is 4. The van der Waals surface area contributed by atoms with Crippen molar-refractivity contribution < 1.29 is 14.7 Å². The number of hydrogen-bond donors (Lipinski definition) is 3. The van der Waals surface area contributed by atoms with Crippen molar-refractivity contribution in [1.29, 1.82) is 0 Å². The van der Waals surface area contributed by atoms with Gasteiger partial charge in [0.15, 0.2) is 0 Å². The van der Waals surface area contributed by atoms with Gasteiger partial charge >= 0.3 is 0 Å². The molecule has 2 aliphatic rings. The number of amides is 2. The molecule has 0 bridgehead atoms. The van der Waals surface area contributed by atoms with E-state index in [2.05, 4.69) is 24.5 Å². The lowest BCUT2D eigenvalue weighted by Crippen LogP contribution is -2.58. The summed E-state index contributed by atoms with van der Waals surface area (Å²) in [5.74, 6) is 0.0329. The minimum atomic E-state index is -0.521. The lowest BCUT2D eigenvalue weighted by atomic mass is 9.51. The first-order chi connectivity index (χ1) is 13.2. The maximum absolute atomic E-state index is 12.7. The summed E-state index contributed by atoms with van der Waals surface area (Å²) in [6.45, 7) is 8.47. The highest BCUT2D eigenvalue weighted by Gasteiger charge is 2.53. The smallest absolute Gasteiger partial charge is 0.223 e. The van der Waals surface area contributed by atoms with Crippen LogP contribution < -0.4 is 10.6 Å². The summed E-state index contributed by atoms with van der Waals surface area (Å²) in [7, 11) is 0. The van der Waals surface area contributed by atoms with Crippen molar-refractivity contribution in [2.24, 2.45) is 29.1 Å². The van der Waals surface area contributed by atoms with Crippen LogP contribution in [0.2, 0.25) is 0 Å². The highest BCUT2D eigenvalue weighted by molar-refractivity contribution is 7.09. The van der Waals surface area contributed by atoms with Gasteiger partial charge in [0.1, 0.15) is 0 Å².